The molecular weight excluding hydrogens is 152 g/mol. The van der Waals surface area contributed by atoms with E-state index in [1.807, 2.05) is 6.07 Å². The zero-order valence-corrected chi connectivity index (χ0v) is 6.98. The SMILES string of the molecule is OC1CCC1.Oc1ccccc1. The number of hydrogen-bond acceptors (Lipinski definition) is 2. The van der Waals surface area contributed by atoms with Crippen LogP contribution in [0.1, 0.15) is 19.3 Å². The highest BCUT2D eigenvalue weighted by molar-refractivity contribution is 5.18. The molecule has 0 aromatic heterocycles. The third-order valence-corrected chi connectivity index (χ3v) is 1.83. The maximum atomic E-state index is 8.63. The van der Waals surface area contributed by atoms with E-state index in [9.17, 15) is 0 Å². The Morgan fingerprint density at radius 2 is 1.58 bits per heavy atom. The Morgan fingerprint density at radius 1 is 1.08 bits per heavy atom. The molecule has 12 heavy (non-hydrogen) atoms. The minimum Gasteiger partial charge on any atom is -0.508 e. The van der Waals surface area contributed by atoms with Gasteiger partial charge in [-0.3, -0.25) is 0 Å². The van der Waals surface area contributed by atoms with Crippen LogP contribution >= 0.6 is 0 Å². The maximum Gasteiger partial charge on any atom is 0.115 e. The van der Waals surface area contributed by atoms with Gasteiger partial charge in [-0.2, -0.15) is 0 Å². The van der Waals surface area contributed by atoms with Crippen LogP contribution in [-0.2, 0) is 0 Å². The average Bonchev–Trinajstić information content (AvgIpc) is 2.04. The molecule has 0 saturated heterocycles. The zero-order valence-electron chi connectivity index (χ0n) is 6.98. The first-order valence-corrected chi connectivity index (χ1v) is 4.21. The van der Waals surface area contributed by atoms with E-state index in [4.69, 9.17) is 10.2 Å². The summed E-state index contributed by atoms with van der Waals surface area (Å²) < 4.78 is 0. The summed E-state index contributed by atoms with van der Waals surface area (Å²) in [7, 11) is 0. The first kappa shape index (κ1) is 9.07. The van der Waals surface area contributed by atoms with Crippen molar-refractivity contribution >= 4 is 0 Å². The first-order valence-electron chi connectivity index (χ1n) is 4.21. The maximum absolute atomic E-state index is 8.63. The molecular formula is C10H14O2. The van der Waals surface area contributed by atoms with Gasteiger partial charge in [-0.1, -0.05) is 18.2 Å². The molecule has 0 amide bonds. The van der Waals surface area contributed by atoms with Gasteiger partial charge in [0.15, 0.2) is 0 Å². The van der Waals surface area contributed by atoms with Gasteiger partial charge in [0, 0.05) is 0 Å². The van der Waals surface area contributed by atoms with Gasteiger partial charge >= 0.3 is 0 Å². The summed E-state index contributed by atoms with van der Waals surface area (Å²) in [5.74, 6) is 0.322. The Hall–Kier alpha value is -1.02. The summed E-state index contributed by atoms with van der Waals surface area (Å²) in [6.07, 6.45) is 3.39. The number of aromatic hydroxyl groups is 1. The lowest BCUT2D eigenvalue weighted by atomic mass is 9.97. The molecule has 0 heterocycles. The number of benzene rings is 1. The van der Waals surface area contributed by atoms with Crippen LogP contribution in [0.2, 0.25) is 0 Å². The molecule has 66 valence electrons. The van der Waals surface area contributed by atoms with Crippen molar-refractivity contribution in [2.75, 3.05) is 0 Å². The van der Waals surface area contributed by atoms with Crippen molar-refractivity contribution < 1.29 is 10.2 Å². The molecule has 1 aliphatic carbocycles. The lowest BCUT2D eigenvalue weighted by Crippen LogP contribution is -2.15. The van der Waals surface area contributed by atoms with Gasteiger partial charge in [0.1, 0.15) is 5.75 Å². The number of hydrogen-bond donors (Lipinski definition) is 2. The molecule has 1 saturated carbocycles. The van der Waals surface area contributed by atoms with Crippen LogP contribution in [0.3, 0.4) is 0 Å². The summed E-state index contributed by atoms with van der Waals surface area (Å²) in [4.78, 5) is 0. The minimum atomic E-state index is 0.0648. The summed E-state index contributed by atoms with van der Waals surface area (Å²) in [6, 6.07) is 8.71. The summed E-state index contributed by atoms with van der Waals surface area (Å²) in [5.41, 5.74) is 0. The van der Waals surface area contributed by atoms with E-state index in [-0.39, 0.29) is 6.10 Å². The van der Waals surface area contributed by atoms with Crippen LogP contribution in [0.25, 0.3) is 0 Å². The summed E-state index contributed by atoms with van der Waals surface area (Å²) >= 11 is 0. The highest BCUT2D eigenvalue weighted by Crippen LogP contribution is 2.16. The zero-order chi connectivity index (χ0) is 8.81. The Kier molecular flexibility index (Phi) is 3.61. The number of aliphatic hydroxyl groups excluding tert-OH is 1. The normalized spacial score (nSPS) is 15.8. The van der Waals surface area contributed by atoms with Crippen molar-refractivity contribution in [1.29, 1.82) is 0 Å². The molecule has 2 nitrogen and oxygen atoms in total. The van der Waals surface area contributed by atoms with E-state index in [0.29, 0.717) is 5.75 Å². The molecule has 0 atom stereocenters. The van der Waals surface area contributed by atoms with E-state index in [1.165, 1.54) is 6.42 Å². The van der Waals surface area contributed by atoms with Crippen LogP contribution in [0.15, 0.2) is 30.3 Å². The van der Waals surface area contributed by atoms with E-state index in [2.05, 4.69) is 0 Å². The van der Waals surface area contributed by atoms with Crippen molar-refractivity contribution in [3.8, 4) is 5.75 Å². The van der Waals surface area contributed by atoms with Crippen LogP contribution in [0, 0.1) is 0 Å². The first-order chi connectivity index (χ1) is 5.79. The molecule has 0 aliphatic heterocycles. The van der Waals surface area contributed by atoms with Crippen molar-refractivity contribution in [1.82, 2.24) is 0 Å². The topological polar surface area (TPSA) is 40.5 Å². The Labute approximate surface area is 72.5 Å². The monoisotopic (exact) mass is 166 g/mol. The van der Waals surface area contributed by atoms with E-state index in [1.54, 1.807) is 24.3 Å². The van der Waals surface area contributed by atoms with Gasteiger partial charge in [-0.05, 0) is 31.4 Å². The number of rotatable bonds is 0. The van der Waals surface area contributed by atoms with Crippen molar-refractivity contribution in [3.63, 3.8) is 0 Å². The highest BCUT2D eigenvalue weighted by Gasteiger charge is 2.11. The number of para-hydroxylation sites is 1. The Balaban J connectivity index is 0.000000127. The predicted molar refractivity (Wildman–Crippen MR) is 48.0 cm³/mol. The molecule has 1 aromatic carbocycles. The van der Waals surface area contributed by atoms with E-state index < -0.39 is 0 Å². The average molecular weight is 166 g/mol. The Bertz CT molecular complexity index is 204. The van der Waals surface area contributed by atoms with Gasteiger partial charge in [-0.25, -0.2) is 0 Å². The molecule has 0 spiro atoms. The van der Waals surface area contributed by atoms with Gasteiger partial charge in [0.2, 0.25) is 0 Å². The quantitative estimate of drug-likeness (QED) is 0.618. The fourth-order valence-corrected chi connectivity index (χ4v) is 0.815. The van der Waals surface area contributed by atoms with Crippen LogP contribution in [0.5, 0.6) is 5.75 Å². The minimum absolute atomic E-state index is 0.0648. The molecule has 2 heteroatoms. The number of phenolic OH excluding ortho intramolecular Hbond substituents is 1. The largest absolute Gasteiger partial charge is 0.508 e. The lowest BCUT2D eigenvalue weighted by Gasteiger charge is -2.17. The second-order valence-electron chi connectivity index (χ2n) is 2.92. The van der Waals surface area contributed by atoms with Gasteiger partial charge in [-0.15, -0.1) is 0 Å². The highest BCUT2D eigenvalue weighted by atomic mass is 16.3. The summed E-state index contributed by atoms with van der Waals surface area (Å²) in [6.45, 7) is 0. The molecule has 1 aliphatic rings. The molecule has 2 rings (SSSR count). The van der Waals surface area contributed by atoms with E-state index in [0.717, 1.165) is 12.8 Å². The smallest absolute Gasteiger partial charge is 0.115 e. The van der Waals surface area contributed by atoms with Crippen LogP contribution in [0.4, 0.5) is 0 Å². The van der Waals surface area contributed by atoms with Gasteiger partial charge in [0.25, 0.3) is 0 Å². The standard InChI is InChI=1S/C6H6O.C4H8O/c7-6-4-2-1-3-5-6;5-4-2-1-3-4/h1-5,7H;4-5H,1-3H2. The number of phenols is 1. The molecule has 0 bridgehead atoms. The van der Waals surface area contributed by atoms with Gasteiger partial charge in [0.05, 0.1) is 6.10 Å². The molecule has 2 N–H and O–H groups in total. The third-order valence-electron chi connectivity index (χ3n) is 1.83. The van der Waals surface area contributed by atoms with Crippen LogP contribution in [-0.4, -0.2) is 16.3 Å². The Morgan fingerprint density at radius 3 is 1.75 bits per heavy atom. The van der Waals surface area contributed by atoms with E-state index >= 15 is 0 Å². The van der Waals surface area contributed by atoms with Gasteiger partial charge < -0.3 is 10.2 Å². The second kappa shape index (κ2) is 4.78. The fourth-order valence-electron chi connectivity index (χ4n) is 0.815. The molecule has 0 radical (unpaired) electrons. The van der Waals surface area contributed by atoms with Crippen molar-refractivity contribution in [2.24, 2.45) is 0 Å². The molecule has 1 aromatic rings. The lowest BCUT2D eigenvalue weighted by molar-refractivity contribution is 0.0950. The molecule has 1 fully saturated rings. The predicted octanol–water partition coefficient (Wildman–Crippen LogP) is 1.92. The van der Waals surface area contributed by atoms with Crippen molar-refractivity contribution in [2.45, 2.75) is 25.4 Å². The second-order valence-corrected chi connectivity index (χ2v) is 2.92. The van der Waals surface area contributed by atoms with Crippen molar-refractivity contribution in [3.05, 3.63) is 30.3 Å². The fraction of sp³-hybridized carbons (Fsp3) is 0.400. The molecule has 0 unspecified atom stereocenters. The summed E-state index contributed by atoms with van der Waals surface area (Å²) in [5, 5.41) is 17.1. The number of aliphatic hydroxyl groups is 1. The van der Waals surface area contributed by atoms with Crippen LogP contribution < -0.4 is 0 Å². The third kappa shape index (κ3) is 3.39.